The molecule has 13 rings (SSSR count). The first-order valence-electron chi connectivity index (χ1n) is 28.8. The number of alkyl halides is 6. The summed E-state index contributed by atoms with van der Waals surface area (Å²) in [5.74, 6) is 1.44. The number of aryl methyl sites for hydroxylation is 5. The lowest BCUT2D eigenvalue weighted by Gasteiger charge is -2.40. The van der Waals surface area contributed by atoms with E-state index in [0.29, 0.717) is 57.0 Å². The predicted octanol–water partition coefficient (Wildman–Crippen LogP) is 13.4. The smallest absolute Gasteiger partial charge is 0.275 e. The number of Topliss-reactive ketones (excluding diaryl/α,β-unsaturated/α-hetero) is 1. The number of halogens is 9. The molecule has 0 spiro atoms. The number of fused-ring (bicyclic) bond motifs is 4. The SMILES string of the molecule is Cc1cc(Br)cn2cc(CF)nc12.Cc1cc(Br)cnc1N.Cc1cc(N)cn2cc(CF)nc12.Cc1cc(NC(=O)c2cnc(Cl)cn2)cn2cc(CF)nc12.Cc1cc(NC(=O)c2cnc(N3CC(CCC4CC4)C3)cn2)cn2cc(CF)nc12.O=C(CF)CF. The first-order valence-corrected chi connectivity index (χ1v) is 30.8. The molecule has 12 heterocycles. The summed E-state index contributed by atoms with van der Waals surface area (Å²) in [5.41, 5.74) is 22.5. The van der Waals surface area contributed by atoms with Crippen LogP contribution in [0.1, 0.15) is 97.3 Å². The molecule has 6 N–H and O–H groups in total. The summed E-state index contributed by atoms with van der Waals surface area (Å²) in [4.78, 5) is 73.3. The van der Waals surface area contributed by atoms with Gasteiger partial charge in [-0.2, -0.15) is 0 Å². The number of aromatic nitrogens is 13. The van der Waals surface area contributed by atoms with Crippen LogP contribution in [-0.2, 0) is 31.5 Å². The van der Waals surface area contributed by atoms with Gasteiger partial charge < -0.3 is 44.6 Å². The first-order chi connectivity index (χ1) is 44.6. The van der Waals surface area contributed by atoms with Crippen molar-refractivity contribution >= 4 is 112 Å². The average Bonchev–Trinajstić information content (AvgIpc) is 1.84. The molecule has 0 bridgehead atoms. The van der Waals surface area contributed by atoms with E-state index in [9.17, 15) is 40.7 Å². The molecule has 21 nitrogen and oxygen atoms in total. The van der Waals surface area contributed by atoms with Crippen molar-refractivity contribution in [2.75, 3.05) is 53.4 Å². The van der Waals surface area contributed by atoms with Gasteiger partial charge in [-0.1, -0.05) is 30.9 Å². The number of anilines is 5. The number of rotatable bonds is 14. The van der Waals surface area contributed by atoms with Gasteiger partial charge in [0, 0.05) is 83.5 Å². The van der Waals surface area contributed by atoms with Gasteiger partial charge in [-0.3, -0.25) is 14.4 Å². The van der Waals surface area contributed by atoms with Gasteiger partial charge in [0.2, 0.25) is 0 Å². The van der Waals surface area contributed by atoms with E-state index >= 15 is 0 Å². The Labute approximate surface area is 551 Å². The number of hydrogen-bond acceptors (Lipinski definition) is 15. The summed E-state index contributed by atoms with van der Waals surface area (Å²) in [6.45, 7) is 6.86. The van der Waals surface area contributed by atoms with Crippen LogP contribution in [0.4, 0.5) is 55.0 Å². The summed E-state index contributed by atoms with van der Waals surface area (Å²) >= 11 is 12.3. The normalized spacial score (nSPS) is 12.5. The summed E-state index contributed by atoms with van der Waals surface area (Å²) in [7, 11) is 0. The molecule has 0 radical (unpaired) electrons. The maximum Gasteiger partial charge on any atom is 0.275 e. The van der Waals surface area contributed by atoms with Gasteiger partial charge in [-0.15, -0.1) is 0 Å². The lowest BCUT2D eigenvalue weighted by molar-refractivity contribution is -0.120. The number of ketones is 1. The van der Waals surface area contributed by atoms with Gasteiger partial charge in [0.05, 0.1) is 58.9 Å². The monoisotopic (exact) mass is 1430 g/mol. The van der Waals surface area contributed by atoms with E-state index in [1.807, 2.05) is 69.5 Å². The molecular formula is C63H65Br2ClF6N18O3. The molecule has 1 aliphatic heterocycles. The van der Waals surface area contributed by atoms with Crippen LogP contribution in [0.5, 0.6) is 0 Å². The zero-order valence-corrected chi connectivity index (χ0v) is 55.0. The highest BCUT2D eigenvalue weighted by Gasteiger charge is 2.30. The Kier molecular flexibility index (Phi) is 24.4. The van der Waals surface area contributed by atoms with E-state index in [1.165, 1.54) is 44.3 Å². The Balaban J connectivity index is 0.000000155. The standard InChI is InChI=1S/C22H25FN6O.C14H11ClFN5O.C9H8BrFN2.C9H10FN3.C6H7BrN2.C3H4F2O/c1-14-6-17(12-29-13-18(7-23)26-21(14)29)27-22(30)19-8-25-20(9-24-19)28-10-16(11-28)5-4-15-2-3-15;1-8-2-9(6-21-7-10(3-16)19-13(8)21)20-14(22)11-4-18-12(15)5-17-11;1-6-2-7(10)4-13-5-8(3-11)12-9(6)13;1-6-2-7(11)4-13-5-8(3-10)12-9(6)13;1-4-2-5(7)3-9-6(4)8;4-1-3(6)2-5/h6,8-9,12-13,15-16H,2-5,7,10-11H2,1H3,(H,27,30);2,4-7H,3H2,1H3,(H,20,22);2,4-5H,3H2,1H3;2,4-5H,3,11H2,1H3;2-3H,1H3,(H2,8,9);1-2H2. The Morgan fingerprint density at radius 1 is 0.505 bits per heavy atom. The summed E-state index contributed by atoms with van der Waals surface area (Å²) in [5, 5.41) is 5.76. The van der Waals surface area contributed by atoms with Crippen molar-refractivity contribution in [1.29, 1.82) is 0 Å². The van der Waals surface area contributed by atoms with Gasteiger partial charge in [0.25, 0.3) is 11.8 Å². The van der Waals surface area contributed by atoms with Gasteiger partial charge in [0.1, 0.15) is 77.5 Å². The van der Waals surface area contributed by atoms with Crippen molar-refractivity contribution in [2.45, 2.75) is 87.0 Å². The van der Waals surface area contributed by atoms with E-state index in [1.54, 1.807) is 75.0 Å². The molecule has 488 valence electrons. The molecule has 0 unspecified atom stereocenters. The van der Waals surface area contributed by atoms with Crippen LogP contribution in [0.3, 0.4) is 0 Å². The summed E-state index contributed by atoms with van der Waals surface area (Å²) in [6, 6.07) is 9.29. The number of nitrogens with two attached hydrogens (primary N) is 2. The minimum absolute atomic E-state index is 0.150. The van der Waals surface area contributed by atoms with Crippen molar-refractivity contribution in [3.8, 4) is 0 Å². The van der Waals surface area contributed by atoms with E-state index in [0.717, 1.165) is 78.8 Å². The van der Waals surface area contributed by atoms with E-state index in [2.05, 4.69) is 92.2 Å². The van der Waals surface area contributed by atoms with E-state index < -0.39 is 51.7 Å². The first kappa shape index (κ1) is 69.8. The van der Waals surface area contributed by atoms with Crippen molar-refractivity contribution in [3.63, 3.8) is 0 Å². The molecule has 1 saturated carbocycles. The number of carbonyl (C=O) groups is 3. The van der Waals surface area contributed by atoms with Gasteiger partial charge in [0.15, 0.2) is 19.1 Å². The number of hydrogen-bond donors (Lipinski definition) is 4. The van der Waals surface area contributed by atoms with Crippen LogP contribution in [0.2, 0.25) is 5.15 Å². The van der Waals surface area contributed by atoms with Gasteiger partial charge >= 0.3 is 0 Å². The number of amides is 2. The minimum atomic E-state index is -1.18. The number of nitrogens with zero attached hydrogens (tertiary/aromatic N) is 14. The largest absolute Gasteiger partial charge is 0.398 e. The number of nitrogen functional groups attached to an aromatic ring is 2. The third-order valence-electron chi connectivity index (χ3n) is 14.3. The van der Waals surface area contributed by atoms with Crippen molar-refractivity contribution in [3.05, 3.63) is 187 Å². The molecule has 2 amide bonds. The molecular weight excluding hydrogens is 1370 g/mol. The Hall–Kier alpha value is -9.09. The fourth-order valence-corrected chi connectivity index (χ4v) is 10.6. The zero-order chi connectivity index (χ0) is 67.0. The van der Waals surface area contributed by atoms with Crippen LogP contribution in [0.15, 0.2) is 120 Å². The maximum atomic E-state index is 12.9. The molecule has 93 heavy (non-hydrogen) atoms. The third-order valence-corrected chi connectivity index (χ3v) is 15.3. The van der Waals surface area contributed by atoms with Crippen LogP contribution < -0.4 is 27.0 Å². The second-order valence-corrected chi connectivity index (χ2v) is 24.1. The lowest BCUT2D eigenvalue weighted by atomic mass is 9.93. The fraction of sp³-hybridized carbons (Fsp3) is 0.302. The second-order valence-electron chi connectivity index (χ2n) is 21.9. The van der Waals surface area contributed by atoms with Crippen LogP contribution in [0, 0.1) is 46.5 Å². The van der Waals surface area contributed by atoms with Gasteiger partial charge in [-0.05, 0) is 143 Å². The third kappa shape index (κ3) is 19.3. The predicted molar refractivity (Wildman–Crippen MR) is 352 cm³/mol. The van der Waals surface area contributed by atoms with Crippen molar-refractivity contribution in [1.82, 2.24) is 62.5 Å². The molecule has 1 aliphatic carbocycles. The maximum absolute atomic E-state index is 12.9. The summed E-state index contributed by atoms with van der Waals surface area (Å²) in [6.07, 6.45) is 26.5. The molecule has 2 aliphatic rings. The van der Waals surface area contributed by atoms with Crippen LogP contribution in [-0.4, -0.2) is 106 Å². The molecule has 0 atom stereocenters. The fourth-order valence-electron chi connectivity index (χ4n) is 9.48. The summed E-state index contributed by atoms with van der Waals surface area (Å²) < 4.78 is 80.7. The lowest BCUT2D eigenvalue weighted by Crippen LogP contribution is -2.47. The van der Waals surface area contributed by atoms with Crippen LogP contribution >= 0.6 is 43.5 Å². The quantitative estimate of drug-likeness (QED) is 0.0738. The Morgan fingerprint density at radius 3 is 1.34 bits per heavy atom. The Morgan fingerprint density at radius 2 is 0.935 bits per heavy atom. The minimum Gasteiger partial charge on any atom is -0.398 e. The number of carbonyl (C=O) groups excluding carboxylic acids is 3. The Bertz CT molecular complexity index is 4300. The highest BCUT2D eigenvalue weighted by atomic mass is 79.9. The van der Waals surface area contributed by atoms with Gasteiger partial charge in [-0.25, -0.2) is 71.2 Å². The van der Waals surface area contributed by atoms with Crippen LogP contribution in [0.25, 0.3) is 22.6 Å². The number of pyridine rings is 5. The average molecular weight is 1430 g/mol. The molecule has 11 aromatic heterocycles. The van der Waals surface area contributed by atoms with Crippen molar-refractivity contribution in [2.24, 2.45) is 11.8 Å². The molecule has 2 fully saturated rings. The highest BCUT2D eigenvalue weighted by Crippen LogP contribution is 2.37. The van der Waals surface area contributed by atoms with E-state index in [-0.39, 0.29) is 22.4 Å². The molecule has 30 heteroatoms. The number of imidazole rings is 4. The number of nitrogens with one attached hydrogen (secondary N) is 2. The van der Waals surface area contributed by atoms with Crippen molar-refractivity contribution < 1.29 is 40.7 Å². The molecule has 0 aromatic carbocycles. The highest BCUT2D eigenvalue weighted by molar-refractivity contribution is 9.10. The molecule has 11 aromatic rings. The topological polar surface area (TPSA) is 264 Å². The second kappa shape index (κ2) is 32.5. The zero-order valence-electron chi connectivity index (χ0n) is 51.1. The van der Waals surface area contributed by atoms with E-state index in [4.69, 9.17) is 23.1 Å². The molecule has 1 saturated heterocycles.